The van der Waals surface area contributed by atoms with Crippen molar-refractivity contribution < 1.29 is 4.42 Å². The van der Waals surface area contributed by atoms with Crippen molar-refractivity contribution >= 4 is 79.2 Å². The molecule has 4 heterocycles. The van der Waals surface area contributed by atoms with E-state index < -0.39 is 5.41 Å². The van der Waals surface area contributed by atoms with Gasteiger partial charge in [-0.15, -0.1) is 0 Å². The molecule has 442 valence electrons. The summed E-state index contributed by atoms with van der Waals surface area (Å²) >= 11 is 0. The standard InChI is InChI=1S/C87H75BN2O/c1-84(2,3)65-34-36-77-75(52-65)88-76-53-66(85(4,5)6)35-37-78(76)90-71-45-60(56-28-19-14-20-29-56)39-61(46-71)57-30-23-31-67(40-57)87(10,11)69-42-64(41-68(51-69)86(7,8)9)73-47-62(48-74-72-32-21-22-33-81(72)91-83(73)74)63-49-79(82(88)80(90)50-63)89(77)70-43-58(54-24-15-12-16-25-54)38-59(44-70)55-26-17-13-18-27-55/h12-53H,1-11H3. The number of nitrogens with zero attached hydrogens (tertiary/aromatic N) is 2. The number of hydrogen-bond donors (Lipinski definition) is 0. The van der Waals surface area contributed by atoms with Crippen LogP contribution >= 0.6 is 0 Å². The van der Waals surface area contributed by atoms with E-state index in [1.807, 2.05) is 0 Å². The smallest absolute Gasteiger partial charge is 0.252 e. The van der Waals surface area contributed by atoms with E-state index in [0.717, 1.165) is 89.2 Å². The van der Waals surface area contributed by atoms with Gasteiger partial charge in [0, 0.05) is 55.9 Å². The molecule has 3 aliphatic heterocycles. The van der Waals surface area contributed by atoms with Crippen LogP contribution in [0.4, 0.5) is 34.1 Å². The van der Waals surface area contributed by atoms with Crippen molar-refractivity contribution in [1.29, 1.82) is 0 Å². The summed E-state index contributed by atoms with van der Waals surface area (Å²) in [7, 11) is 0. The third-order valence-electron chi connectivity index (χ3n) is 20.0. The van der Waals surface area contributed by atoms with E-state index in [0.29, 0.717) is 0 Å². The maximum atomic E-state index is 7.15. The van der Waals surface area contributed by atoms with Crippen LogP contribution in [0.2, 0.25) is 0 Å². The summed E-state index contributed by atoms with van der Waals surface area (Å²) in [5, 5.41) is 2.19. The van der Waals surface area contributed by atoms with Gasteiger partial charge in [-0.25, -0.2) is 0 Å². The van der Waals surface area contributed by atoms with Crippen LogP contribution in [0, 0.1) is 0 Å². The first-order chi connectivity index (χ1) is 43.7. The molecule has 0 N–H and O–H groups in total. The Bertz CT molecular complexity index is 5030. The van der Waals surface area contributed by atoms with Crippen LogP contribution in [0.5, 0.6) is 0 Å². The highest BCUT2D eigenvalue weighted by Gasteiger charge is 2.45. The van der Waals surface area contributed by atoms with E-state index in [1.54, 1.807) is 0 Å². The molecular formula is C87H75BN2O. The van der Waals surface area contributed by atoms with Crippen LogP contribution in [0.15, 0.2) is 259 Å². The Hall–Kier alpha value is -9.90. The Morgan fingerprint density at radius 1 is 0.319 bits per heavy atom. The fourth-order valence-electron chi connectivity index (χ4n) is 14.7. The van der Waals surface area contributed by atoms with Crippen molar-refractivity contribution in [2.24, 2.45) is 0 Å². The Kier molecular flexibility index (Phi) is 12.7. The molecule has 0 saturated heterocycles. The number of fused-ring (bicyclic) bond motifs is 22. The number of rotatable bonds is 4. The lowest BCUT2D eigenvalue weighted by Gasteiger charge is -2.45. The lowest BCUT2D eigenvalue weighted by molar-refractivity contribution is 0.582. The molecule has 10 bridgehead atoms. The Morgan fingerprint density at radius 3 is 1.29 bits per heavy atom. The van der Waals surface area contributed by atoms with Gasteiger partial charge in [0.2, 0.25) is 0 Å². The van der Waals surface area contributed by atoms with Gasteiger partial charge >= 0.3 is 0 Å². The third kappa shape index (κ3) is 9.47. The molecule has 12 aromatic carbocycles. The number of para-hydroxylation sites is 1. The quantitative estimate of drug-likeness (QED) is 0.164. The molecule has 3 nitrogen and oxygen atoms in total. The summed E-state index contributed by atoms with van der Waals surface area (Å²) in [4.78, 5) is 5.27. The SMILES string of the molecule is CC(C)(C)c1cc2cc(c1)C(C)(C)c1cccc(c1)-c1cc(-c3ccccc3)cc(c1)N1c3ccc(C(C)(C)C)cc3B3c4cc(C(C)(C)C)ccc4N(c4cc(-c5ccccc5)cc(-c5ccccc5)c4)c4cc(cc1c43)-c1cc-2c2oc3ccccc3c2c1. The lowest BCUT2D eigenvalue weighted by atomic mass is 9.33. The summed E-state index contributed by atoms with van der Waals surface area (Å²) in [5.41, 5.74) is 31.9. The van der Waals surface area contributed by atoms with Gasteiger partial charge in [0.25, 0.3) is 6.71 Å². The van der Waals surface area contributed by atoms with Gasteiger partial charge in [0.1, 0.15) is 11.2 Å². The minimum absolute atomic E-state index is 0.125. The largest absolute Gasteiger partial charge is 0.455 e. The van der Waals surface area contributed by atoms with Crippen LogP contribution in [0.25, 0.3) is 88.7 Å². The Morgan fingerprint density at radius 2 is 0.769 bits per heavy atom. The van der Waals surface area contributed by atoms with Gasteiger partial charge in [-0.05, 0) is 201 Å². The van der Waals surface area contributed by atoms with Crippen LogP contribution in [0.3, 0.4) is 0 Å². The predicted octanol–water partition coefficient (Wildman–Crippen LogP) is 22.2. The van der Waals surface area contributed by atoms with Gasteiger partial charge in [0.15, 0.2) is 0 Å². The maximum absolute atomic E-state index is 7.15. The highest BCUT2D eigenvalue weighted by molar-refractivity contribution is 7.00. The molecule has 0 radical (unpaired) electrons. The monoisotopic (exact) mass is 1170 g/mol. The van der Waals surface area contributed by atoms with Gasteiger partial charge in [-0.1, -0.05) is 252 Å². The average molecular weight is 1180 g/mol. The molecule has 13 aromatic rings. The second-order valence-corrected chi connectivity index (χ2v) is 29.5. The van der Waals surface area contributed by atoms with Crippen LogP contribution < -0.4 is 26.2 Å². The first-order valence-corrected chi connectivity index (χ1v) is 32.5. The summed E-state index contributed by atoms with van der Waals surface area (Å²) in [6, 6.07) is 97.5. The highest BCUT2D eigenvalue weighted by atomic mass is 16.3. The number of anilines is 6. The van der Waals surface area contributed by atoms with Crippen LogP contribution in [-0.4, -0.2) is 6.71 Å². The minimum Gasteiger partial charge on any atom is -0.455 e. The lowest BCUT2D eigenvalue weighted by Crippen LogP contribution is -2.61. The fraction of sp³-hybridized carbons (Fsp3) is 0.172. The van der Waals surface area contributed by atoms with Crippen molar-refractivity contribution in [2.75, 3.05) is 9.80 Å². The van der Waals surface area contributed by atoms with Crippen molar-refractivity contribution in [3.63, 3.8) is 0 Å². The van der Waals surface area contributed by atoms with E-state index in [4.69, 9.17) is 4.42 Å². The van der Waals surface area contributed by atoms with E-state index >= 15 is 0 Å². The van der Waals surface area contributed by atoms with Crippen LogP contribution in [-0.2, 0) is 21.7 Å². The highest BCUT2D eigenvalue weighted by Crippen LogP contribution is 2.52. The van der Waals surface area contributed by atoms with Crippen molar-refractivity contribution in [1.82, 2.24) is 0 Å². The molecule has 16 rings (SSSR count). The first kappa shape index (κ1) is 56.3. The van der Waals surface area contributed by atoms with Crippen LogP contribution in [0.1, 0.15) is 104 Å². The summed E-state index contributed by atoms with van der Waals surface area (Å²) < 4.78 is 7.15. The normalized spacial score (nSPS) is 13.9. The van der Waals surface area contributed by atoms with Gasteiger partial charge in [0.05, 0.1) is 0 Å². The molecule has 0 spiro atoms. The van der Waals surface area contributed by atoms with Gasteiger partial charge in [-0.2, -0.15) is 0 Å². The molecule has 1 aromatic heterocycles. The fourth-order valence-corrected chi connectivity index (χ4v) is 14.7. The predicted molar refractivity (Wildman–Crippen MR) is 389 cm³/mol. The molecule has 0 aliphatic carbocycles. The van der Waals surface area contributed by atoms with E-state index in [9.17, 15) is 0 Å². The summed E-state index contributed by atoms with van der Waals surface area (Å²) in [6.45, 7) is 25.8. The Balaban J connectivity index is 1.10. The number of furan rings is 1. The van der Waals surface area contributed by atoms with E-state index in [2.05, 4.69) is 341 Å². The molecule has 0 fully saturated rings. The molecule has 0 amide bonds. The molecule has 4 heteroatoms. The summed E-state index contributed by atoms with van der Waals surface area (Å²) in [6.07, 6.45) is 0. The number of hydrogen-bond acceptors (Lipinski definition) is 3. The second-order valence-electron chi connectivity index (χ2n) is 29.5. The average Bonchev–Trinajstić information content (AvgIpc) is 0.958. The minimum atomic E-state index is -0.398. The second kappa shape index (κ2) is 20.6. The summed E-state index contributed by atoms with van der Waals surface area (Å²) in [5.74, 6) is 0. The van der Waals surface area contributed by atoms with E-state index in [-0.39, 0.29) is 23.0 Å². The van der Waals surface area contributed by atoms with Crippen molar-refractivity contribution in [3.05, 3.63) is 283 Å². The van der Waals surface area contributed by atoms with E-state index in [1.165, 1.54) is 77.8 Å². The molecule has 3 aliphatic rings. The van der Waals surface area contributed by atoms with Gasteiger partial charge < -0.3 is 14.2 Å². The zero-order valence-electron chi connectivity index (χ0n) is 54.1. The molecular weight excluding hydrogens is 1100 g/mol. The van der Waals surface area contributed by atoms with Gasteiger partial charge in [-0.3, -0.25) is 0 Å². The first-order valence-electron chi connectivity index (χ1n) is 32.5. The van der Waals surface area contributed by atoms with Crippen molar-refractivity contribution in [3.8, 4) is 66.8 Å². The molecule has 0 saturated carbocycles. The molecule has 0 atom stereocenters. The third-order valence-corrected chi connectivity index (χ3v) is 20.0. The van der Waals surface area contributed by atoms with Crippen molar-refractivity contribution in [2.45, 2.75) is 97.8 Å². The maximum Gasteiger partial charge on any atom is 0.252 e. The number of benzene rings is 12. The molecule has 0 unspecified atom stereocenters. The Labute approximate surface area is 537 Å². The molecule has 91 heavy (non-hydrogen) atoms. The zero-order chi connectivity index (χ0) is 62.5. The topological polar surface area (TPSA) is 19.6 Å². The zero-order valence-corrected chi connectivity index (χ0v) is 54.1.